The van der Waals surface area contributed by atoms with Gasteiger partial charge >= 0.3 is 0 Å². The van der Waals surface area contributed by atoms with Gasteiger partial charge in [0.05, 0.1) is 18.0 Å². The minimum Gasteiger partial charge on any atom is -0.496 e. The van der Waals surface area contributed by atoms with E-state index in [0.29, 0.717) is 11.6 Å². The molecule has 0 fully saturated rings. The van der Waals surface area contributed by atoms with E-state index in [2.05, 4.69) is 15.3 Å². The van der Waals surface area contributed by atoms with E-state index in [9.17, 15) is 0 Å². The predicted octanol–water partition coefficient (Wildman–Crippen LogP) is 1.67. The molecule has 18 heavy (non-hydrogen) atoms. The maximum absolute atomic E-state index is 5.85. The van der Waals surface area contributed by atoms with Crippen LogP contribution in [0.5, 0.6) is 5.75 Å². The first-order valence-electron chi connectivity index (χ1n) is 5.70. The van der Waals surface area contributed by atoms with E-state index < -0.39 is 0 Å². The molecular weight excluding hydrogens is 228 g/mol. The summed E-state index contributed by atoms with van der Waals surface area (Å²) in [6.07, 6.45) is 0. The number of nitrogens with one attached hydrogen (secondary N) is 1. The van der Waals surface area contributed by atoms with Gasteiger partial charge in [-0.05, 0) is 45.6 Å². The van der Waals surface area contributed by atoms with Gasteiger partial charge in [-0.3, -0.25) is 0 Å². The number of nitrogens with two attached hydrogens (primary N) is 1. The number of hydrogen-bond donors (Lipinski definition) is 2. The minimum absolute atomic E-state index is 0.467. The Balaban J connectivity index is 0.000000492. The lowest BCUT2D eigenvalue weighted by Crippen LogP contribution is -1.99. The van der Waals surface area contributed by atoms with Crippen molar-refractivity contribution >= 4 is 16.7 Å². The number of benzene rings is 1. The van der Waals surface area contributed by atoms with Gasteiger partial charge in [0.2, 0.25) is 0 Å². The number of aryl methyl sites for hydroxylation is 2. The smallest absolute Gasteiger partial charge is 0.138 e. The van der Waals surface area contributed by atoms with Crippen molar-refractivity contribution in [2.75, 3.05) is 26.9 Å². The highest BCUT2D eigenvalue weighted by Crippen LogP contribution is 2.29. The molecule has 0 spiro atoms. The average molecular weight is 248 g/mol. The molecule has 1 aromatic heterocycles. The zero-order valence-corrected chi connectivity index (χ0v) is 11.5. The molecule has 0 radical (unpaired) electrons. The Hall–Kier alpha value is -1.88. The molecule has 5 heteroatoms. The first-order chi connectivity index (χ1) is 8.53. The van der Waals surface area contributed by atoms with E-state index in [1.165, 1.54) is 0 Å². The molecule has 5 nitrogen and oxygen atoms in total. The van der Waals surface area contributed by atoms with Crippen LogP contribution in [0.15, 0.2) is 12.1 Å². The summed E-state index contributed by atoms with van der Waals surface area (Å²) in [6, 6.07) is 3.90. The molecule has 0 aliphatic rings. The fourth-order valence-corrected chi connectivity index (χ4v) is 1.67. The van der Waals surface area contributed by atoms with Crippen molar-refractivity contribution in [3.8, 4) is 5.75 Å². The van der Waals surface area contributed by atoms with Crippen LogP contribution in [0, 0.1) is 13.8 Å². The molecule has 0 aliphatic heterocycles. The normalized spacial score (nSPS) is 9.83. The van der Waals surface area contributed by atoms with Gasteiger partial charge in [-0.2, -0.15) is 0 Å². The van der Waals surface area contributed by atoms with E-state index in [1.54, 1.807) is 7.11 Å². The largest absolute Gasteiger partial charge is 0.496 e. The third-order valence-electron chi connectivity index (χ3n) is 2.27. The van der Waals surface area contributed by atoms with Crippen molar-refractivity contribution in [2.24, 2.45) is 0 Å². The van der Waals surface area contributed by atoms with Gasteiger partial charge in [0.25, 0.3) is 0 Å². The Morgan fingerprint density at radius 3 is 2.33 bits per heavy atom. The summed E-state index contributed by atoms with van der Waals surface area (Å²) in [4.78, 5) is 8.46. The summed E-state index contributed by atoms with van der Waals surface area (Å²) < 4.78 is 5.27. The van der Waals surface area contributed by atoms with Gasteiger partial charge in [-0.1, -0.05) is 0 Å². The number of nitrogen functional groups attached to an aromatic ring is 1. The molecular formula is C13H20N4O. The summed E-state index contributed by atoms with van der Waals surface area (Å²) >= 11 is 0. The van der Waals surface area contributed by atoms with Crippen molar-refractivity contribution in [2.45, 2.75) is 13.8 Å². The monoisotopic (exact) mass is 248 g/mol. The van der Waals surface area contributed by atoms with Crippen molar-refractivity contribution in [3.05, 3.63) is 23.5 Å². The highest BCUT2D eigenvalue weighted by Gasteiger charge is 2.09. The van der Waals surface area contributed by atoms with Gasteiger partial charge in [-0.25, -0.2) is 9.97 Å². The van der Waals surface area contributed by atoms with Crippen LogP contribution in [0.1, 0.15) is 11.4 Å². The molecule has 0 bridgehead atoms. The van der Waals surface area contributed by atoms with E-state index in [0.717, 1.165) is 22.2 Å². The van der Waals surface area contributed by atoms with Crippen molar-refractivity contribution < 1.29 is 4.74 Å². The van der Waals surface area contributed by atoms with Crippen LogP contribution in [-0.4, -0.2) is 31.2 Å². The van der Waals surface area contributed by atoms with Crippen LogP contribution < -0.4 is 15.8 Å². The first kappa shape index (κ1) is 14.2. The van der Waals surface area contributed by atoms with Gasteiger partial charge in [0.1, 0.15) is 17.4 Å². The highest BCUT2D eigenvalue weighted by atomic mass is 16.5. The van der Waals surface area contributed by atoms with Crippen molar-refractivity contribution in [3.63, 3.8) is 0 Å². The molecule has 2 rings (SSSR count). The number of rotatable bonds is 1. The first-order valence-corrected chi connectivity index (χ1v) is 5.70. The molecule has 98 valence electrons. The predicted molar refractivity (Wildman–Crippen MR) is 75.0 cm³/mol. The van der Waals surface area contributed by atoms with E-state index in [-0.39, 0.29) is 0 Å². The summed E-state index contributed by atoms with van der Waals surface area (Å²) in [5.74, 6) is 1.87. The van der Waals surface area contributed by atoms with Crippen LogP contribution in [-0.2, 0) is 0 Å². The molecule has 0 saturated heterocycles. The zero-order valence-electron chi connectivity index (χ0n) is 11.5. The number of aromatic nitrogens is 2. The van der Waals surface area contributed by atoms with Crippen LogP contribution in [0.25, 0.3) is 10.9 Å². The standard InChI is InChI=1S/C11H13N3O.C2H7N/c1-6-4-8-10(9(5-6)15-3)11(12)14-7(2)13-8;1-3-2/h4-5H,1-3H3,(H2,12,13,14);3H,1-2H3. The van der Waals surface area contributed by atoms with Gasteiger partial charge in [0.15, 0.2) is 0 Å². The Bertz CT molecular complexity index is 535. The number of fused-ring (bicyclic) bond motifs is 1. The van der Waals surface area contributed by atoms with E-state index >= 15 is 0 Å². The Morgan fingerprint density at radius 2 is 1.78 bits per heavy atom. The third kappa shape index (κ3) is 3.07. The van der Waals surface area contributed by atoms with E-state index in [4.69, 9.17) is 10.5 Å². The van der Waals surface area contributed by atoms with Gasteiger partial charge in [0, 0.05) is 0 Å². The molecule has 0 amide bonds. The number of ether oxygens (including phenoxy) is 1. The molecule has 2 aromatic rings. The molecule has 0 atom stereocenters. The molecule has 0 aliphatic carbocycles. The third-order valence-corrected chi connectivity index (χ3v) is 2.27. The molecule has 0 saturated carbocycles. The molecule has 1 heterocycles. The average Bonchev–Trinajstić information content (AvgIpc) is 2.27. The zero-order chi connectivity index (χ0) is 13.7. The van der Waals surface area contributed by atoms with E-state index in [1.807, 2.05) is 40.1 Å². The molecule has 3 N–H and O–H groups in total. The lowest BCUT2D eigenvalue weighted by molar-refractivity contribution is 0.419. The van der Waals surface area contributed by atoms with Crippen LogP contribution in [0.4, 0.5) is 5.82 Å². The maximum atomic E-state index is 5.85. The number of anilines is 1. The number of hydrogen-bond acceptors (Lipinski definition) is 5. The number of nitrogens with zero attached hydrogens (tertiary/aromatic N) is 2. The minimum atomic E-state index is 0.467. The molecule has 1 aromatic carbocycles. The van der Waals surface area contributed by atoms with Gasteiger partial charge < -0.3 is 15.8 Å². The summed E-state index contributed by atoms with van der Waals surface area (Å²) in [7, 11) is 5.37. The summed E-state index contributed by atoms with van der Waals surface area (Å²) in [5, 5.41) is 3.54. The molecule has 0 unspecified atom stereocenters. The summed E-state index contributed by atoms with van der Waals surface area (Å²) in [6.45, 7) is 3.82. The van der Waals surface area contributed by atoms with Crippen LogP contribution in [0.3, 0.4) is 0 Å². The fourth-order valence-electron chi connectivity index (χ4n) is 1.67. The fraction of sp³-hybridized carbons (Fsp3) is 0.385. The Kier molecular flexibility index (Phi) is 4.85. The number of methoxy groups -OCH3 is 1. The second kappa shape index (κ2) is 6.16. The highest BCUT2D eigenvalue weighted by molar-refractivity contribution is 5.94. The lowest BCUT2D eigenvalue weighted by Gasteiger charge is -2.08. The SMILES string of the molecule is CNC.COc1cc(C)cc2nc(C)nc(N)c12. The Labute approximate surface area is 107 Å². The van der Waals surface area contributed by atoms with Gasteiger partial charge in [-0.15, -0.1) is 0 Å². The topological polar surface area (TPSA) is 73.1 Å². The van der Waals surface area contributed by atoms with Crippen LogP contribution in [0.2, 0.25) is 0 Å². The van der Waals surface area contributed by atoms with Crippen molar-refractivity contribution in [1.29, 1.82) is 0 Å². The lowest BCUT2D eigenvalue weighted by atomic mass is 10.1. The Morgan fingerprint density at radius 1 is 1.17 bits per heavy atom. The second-order valence-electron chi connectivity index (χ2n) is 4.02. The summed E-state index contributed by atoms with van der Waals surface area (Å²) in [5.41, 5.74) is 7.78. The quantitative estimate of drug-likeness (QED) is 0.803. The second-order valence-corrected chi connectivity index (χ2v) is 4.02. The maximum Gasteiger partial charge on any atom is 0.138 e. The van der Waals surface area contributed by atoms with Crippen LogP contribution >= 0.6 is 0 Å². The van der Waals surface area contributed by atoms with Crippen molar-refractivity contribution in [1.82, 2.24) is 15.3 Å².